The summed E-state index contributed by atoms with van der Waals surface area (Å²) >= 11 is 0. The fourth-order valence-corrected chi connectivity index (χ4v) is 4.29. The first-order chi connectivity index (χ1) is 11.4. The van der Waals surface area contributed by atoms with Gasteiger partial charge in [-0.15, -0.1) is 12.4 Å². The van der Waals surface area contributed by atoms with E-state index >= 15 is 0 Å². The van der Waals surface area contributed by atoms with Crippen molar-refractivity contribution < 1.29 is 9.59 Å². The summed E-state index contributed by atoms with van der Waals surface area (Å²) in [5.41, 5.74) is 10.1. The van der Waals surface area contributed by atoms with E-state index in [2.05, 4.69) is 19.1 Å². The number of likely N-dealkylation sites (tertiary alicyclic amines) is 1. The van der Waals surface area contributed by atoms with Crippen LogP contribution in [0.25, 0.3) is 0 Å². The van der Waals surface area contributed by atoms with Crippen LogP contribution in [0.15, 0.2) is 12.1 Å². The molecule has 2 fully saturated rings. The van der Waals surface area contributed by atoms with Crippen molar-refractivity contribution >= 4 is 29.9 Å². The molecule has 0 saturated carbocycles. The summed E-state index contributed by atoms with van der Waals surface area (Å²) in [4.78, 5) is 29.1. The number of benzene rings is 1. The van der Waals surface area contributed by atoms with Gasteiger partial charge in [0.25, 0.3) is 0 Å². The first kappa shape index (κ1) is 19.7. The van der Waals surface area contributed by atoms with Crippen molar-refractivity contribution in [2.45, 2.75) is 46.1 Å². The minimum absolute atomic E-state index is 0. The average Bonchev–Trinajstić information content (AvgIpc) is 3.12. The molecule has 0 aromatic heterocycles. The van der Waals surface area contributed by atoms with E-state index in [1.54, 1.807) is 4.90 Å². The van der Waals surface area contributed by atoms with Gasteiger partial charge in [0.2, 0.25) is 11.8 Å². The van der Waals surface area contributed by atoms with Gasteiger partial charge in [-0.05, 0) is 44.7 Å². The lowest BCUT2D eigenvalue weighted by Crippen LogP contribution is -2.43. The van der Waals surface area contributed by atoms with Gasteiger partial charge >= 0.3 is 0 Å². The smallest absolute Gasteiger partial charge is 0.228 e. The summed E-state index contributed by atoms with van der Waals surface area (Å²) in [6, 6.07) is 4.33. The van der Waals surface area contributed by atoms with Gasteiger partial charge in [-0.3, -0.25) is 9.59 Å². The number of rotatable bonds is 3. The van der Waals surface area contributed by atoms with Crippen LogP contribution < -0.4 is 10.6 Å². The minimum atomic E-state index is -0.246. The van der Waals surface area contributed by atoms with Crippen LogP contribution >= 0.6 is 12.4 Å². The molecule has 2 amide bonds. The zero-order chi connectivity index (χ0) is 17.4. The number of carbonyl (C=O) groups excluding carboxylic acids is 2. The van der Waals surface area contributed by atoms with E-state index in [1.807, 2.05) is 18.7 Å². The molecule has 1 aromatic carbocycles. The molecule has 0 bridgehead atoms. The predicted molar refractivity (Wildman–Crippen MR) is 102 cm³/mol. The van der Waals surface area contributed by atoms with Crippen molar-refractivity contribution in [3.05, 3.63) is 28.8 Å². The normalized spacial score (nSPS) is 23.1. The molecule has 2 aliphatic rings. The third kappa shape index (κ3) is 3.67. The van der Waals surface area contributed by atoms with Gasteiger partial charge < -0.3 is 15.5 Å². The van der Waals surface area contributed by atoms with Gasteiger partial charge in [-0.2, -0.15) is 0 Å². The molecule has 2 saturated heterocycles. The predicted octanol–water partition coefficient (Wildman–Crippen LogP) is 2.34. The second-order valence-corrected chi connectivity index (χ2v) is 7.22. The molecule has 2 unspecified atom stereocenters. The van der Waals surface area contributed by atoms with Crippen LogP contribution in [0.2, 0.25) is 0 Å². The number of anilines is 1. The topological polar surface area (TPSA) is 66.6 Å². The molecule has 2 heterocycles. The Kier molecular flexibility index (Phi) is 6.12. The summed E-state index contributed by atoms with van der Waals surface area (Å²) in [6.07, 6.45) is 2.29. The fraction of sp³-hybridized carbons (Fsp3) is 0.579. The molecule has 0 radical (unpaired) electrons. The van der Waals surface area contributed by atoms with E-state index in [0.717, 1.165) is 36.2 Å². The lowest BCUT2D eigenvalue weighted by atomic mass is 10.0. The van der Waals surface area contributed by atoms with Gasteiger partial charge in [0, 0.05) is 37.8 Å². The zero-order valence-electron chi connectivity index (χ0n) is 15.2. The van der Waals surface area contributed by atoms with E-state index in [1.165, 1.54) is 5.56 Å². The van der Waals surface area contributed by atoms with E-state index in [-0.39, 0.29) is 36.2 Å². The Hall–Kier alpha value is -1.59. The second-order valence-electron chi connectivity index (χ2n) is 7.22. The first-order valence-corrected chi connectivity index (χ1v) is 8.81. The van der Waals surface area contributed by atoms with Crippen molar-refractivity contribution in [2.75, 3.05) is 24.5 Å². The van der Waals surface area contributed by atoms with Crippen LogP contribution in [0.1, 0.15) is 36.0 Å². The highest BCUT2D eigenvalue weighted by Crippen LogP contribution is 2.33. The van der Waals surface area contributed by atoms with Crippen LogP contribution in [0.5, 0.6) is 0 Å². The quantitative estimate of drug-likeness (QED) is 0.894. The molecule has 5 nitrogen and oxygen atoms in total. The average molecular weight is 366 g/mol. The van der Waals surface area contributed by atoms with Crippen LogP contribution in [0, 0.1) is 26.7 Å². The number of amides is 2. The standard InChI is InChI=1S/C19H27N3O2.ClH/c1-12-7-13(2)18(14(3)8-12)22-11-15(9-17(22)23)19(24)21-6-4-5-16(21)10-20;/h7-8,15-16H,4-6,9-11,20H2,1-3H3;1H. The van der Waals surface area contributed by atoms with Gasteiger partial charge in [-0.25, -0.2) is 0 Å². The Bertz CT molecular complexity index is 654. The highest BCUT2D eigenvalue weighted by molar-refractivity contribution is 6.01. The number of hydrogen-bond acceptors (Lipinski definition) is 3. The van der Waals surface area contributed by atoms with E-state index in [0.29, 0.717) is 19.5 Å². The Morgan fingerprint density at radius 2 is 1.88 bits per heavy atom. The molecule has 6 heteroatoms. The molecular formula is C19H28ClN3O2. The number of aryl methyl sites for hydroxylation is 3. The number of hydrogen-bond donors (Lipinski definition) is 1. The maximum atomic E-state index is 12.9. The third-order valence-corrected chi connectivity index (χ3v) is 5.31. The molecule has 2 atom stereocenters. The summed E-state index contributed by atoms with van der Waals surface area (Å²) < 4.78 is 0. The summed E-state index contributed by atoms with van der Waals surface area (Å²) in [5.74, 6) is -0.0992. The summed E-state index contributed by atoms with van der Waals surface area (Å²) in [6.45, 7) is 7.88. The van der Waals surface area contributed by atoms with Gasteiger partial charge in [0.05, 0.1) is 5.92 Å². The third-order valence-electron chi connectivity index (χ3n) is 5.31. The van der Waals surface area contributed by atoms with Gasteiger partial charge in [0.15, 0.2) is 0 Å². The van der Waals surface area contributed by atoms with Crippen LogP contribution in [0.4, 0.5) is 5.69 Å². The lowest BCUT2D eigenvalue weighted by molar-refractivity contribution is -0.136. The Morgan fingerprint density at radius 1 is 1.24 bits per heavy atom. The molecule has 0 spiro atoms. The maximum absolute atomic E-state index is 12.9. The highest BCUT2D eigenvalue weighted by Gasteiger charge is 2.40. The van der Waals surface area contributed by atoms with E-state index in [9.17, 15) is 9.59 Å². The van der Waals surface area contributed by atoms with Crippen molar-refractivity contribution in [3.63, 3.8) is 0 Å². The molecular weight excluding hydrogens is 338 g/mol. The zero-order valence-corrected chi connectivity index (χ0v) is 16.1. The monoisotopic (exact) mass is 365 g/mol. The molecule has 2 N–H and O–H groups in total. The molecule has 2 aliphatic heterocycles. The number of nitrogens with zero attached hydrogens (tertiary/aromatic N) is 2. The Balaban J connectivity index is 0.00000225. The molecule has 138 valence electrons. The first-order valence-electron chi connectivity index (χ1n) is 8.81. The van der Waals surface area contributed by atoms with Crippen molar-refractivity contribution in [1.29, 1.82) is 0 Å². The van der Waals surface area contributed by atoms with Gasteiger partial charge in [0.1, 0.15) is 0 Å². The lowest BCUT2D eigenvalue weighted by Gasteiger charge is -2.27. The van der Waals surface area contributed by atoms with Crippen LogP contribution in [0.3, 0.4) is 0 Å². The fourth-order valence-electron chi connectivity index (χ4n) is 4.29. The summed E-state index contributed by atoms with van der Waals surface area (Å²) in [5, 5.41) is 0. The maximum Gasteiger partial charge on any atom is 0.228 e. The van der Waals surface area contributed by atoms with E-state index < -0.39 is 0 Å². The number of nitrogens with two attached hydrogens (primary N) is 1. The van der Waals surface area contributed by atoms with Crippen LogP contribution in [-0.2, 0) is 9.59 Å². The molecule has 3 rings (SSSR count). The van der Waals surface area contributed by atoms with Crippen molar-refractivity contribution in [2.24, 2.45) is 11.7 Å². The molecule has 0 aliphatic carbocycles. The Labute approximate surface area is 155 Å². The number of halogens is 1. The minimum Gasteiger partial charge on any atom is -0.338 e. The largest absolute Gasteiger partial charge is 0.338 e. The van der Waals surface area contributed by atoms with Crippen LogP contribution in [-0.4, -0.2) is 42.4 Å². The molecule has 1 aromatic rings. The Morgan fingerprint density at radius 3 is 2.48 bits per heavy atom. The number of carbonyl (C=O) groups is 2. The SMILES string of the molecule is Cc1cc(C)c(N2CC(C(=O)N3CCCC3CN)CC2=O)c(C)c1.Cl. The molecule has 25 heavy (non-hydrogen) atoms. The van der Waals surface area contributed by atoms with Crippen molar-refractivity contribution in [1.82, 2.24) is 4.90 Å². The summed E-state index contributed by atoms with van der Waals surface area (Å²) in [7, 11) is 0. The van der Waals surface area contributed by atoms with Crippen molar-refractivity contribution in [3.8, 4) is 0 Å². The van der Waals surface area contributed by atoms with Gasteiger partial charge in [-0.1, -0.05) is 17.7 Å². The van der Waals surface area contributed by atoms with E-state index in [4.69, 9.17) is 5.73 Å². The highest BCUT2D eigenvalue weighted by atomic mass is 35.5. The second kappa shape index (κ2) is 7.75.